The monoisotopic (exact) mass is 417 g/mol. The van der Waals surface area contributed by atoms with Crippen LogP contribution in [0, 0.1) is 6.92 Å². The summed E-state index contributed by atoms with van der Waals surface area (Å²) in [4.78, 5) is 32.7. The van der Waals surface area contributed by atoms with Gasteiger partial charge < -0.3 is 10.2 Å². The molecule has 0 saturated carbocycles. The fraction of sp³-hybridized carbons (Fsp3) is 0.208. The van der Waals surface area contributed by atoms with Crippen LogP contribution in [0.5, 0.6) is 0 Å². The molecule has 1 aliphatic heterocycles. The van der Waals surface area contributed by atoms with Crippen molar-refractivity contribution in [2.75, 3.05) is 11.4 Å². The molecule has 30 heavy (non-hydrogen) atoms. The summed E-state index contributed by atoms with van der Waals surface area (Å²) < 4.78 is 0. The van der Waals surface area contributed by atoms with Crippen LogP contribution in [0.1, 0.15) is 34.3 Å². The Kier molecular flexibility index (Phi) is 6.14. The Hall–Kier alpha value is -3.12. The first-order chi connectivity index (χ1) is 14.6. The number of para-hydroxylation sites is 1. The fourth-order valence-electron chi connectivity index (χ4n) is 3.47. The van der Waals surface area contributed by atoms with E-state index in [0.29, 0.717) is 36.5 Å². The molecule has 0 unspecified atom stereocenters. The van der Waals surface area contributed by atoms with E-state index in [-0.39, 0.29) is 11.8 Å². The van der Waals surface area contributed by atoms with E-state index in [1.165, 1.54) is 11.8 Å². The number of pyridine rings is 1. The van der Waals surface area contributed by atoms with E-state index in [2.05, 4.69) is 10.3 Å². The van der Waals surface area contributed by atoms with Crippen molar-refractivity contribution in [3.05, 3.63) is 83.6 Å². The zero-order valence-corrected chi connectivity index (χ0v) is 17.6. The Balaban J connectivity index is 1.41. The molecule has 4 rings (SSSR count). The summed E-state index contributed by atoms with van der Waals surface area (Å²) >= 11 is 1.50. The zero-order chi connectivity index (χ0) is 20.9. The molecule has 0 radical (unpaired) electrons. The van der Waals surface area contributed by atoms with Crippen molar-refractivity contribution in [2.24, 2.45) is 0 Å². The van der Waals surface area contributed by atoms with Crippen LogP contribution >= 0.6 is 11.8 Å². The first-order valence-corrected chi connectivity index (χ1v) is 10.8. The van der Waals surface area contributed by atoms with E-state index in [1.807, 2.05) is 61.5 Å². The molecular weight excluding hydrogens is 394 g/mol. The lowest BCUT2D eigenvalue weighted by molar-refractivity contribution is -0.121. The van der Waals surface area contributed by atoms with Crippen molar-refractivity contribution >= 4 is 29.3 Å². The highest BCUT2D eigenvalue weighted by Crippen LogP contribution is 2.40. The smallest absolute Gasteiger partial charge is 0.261 e. The third kappa shape index (κ3) is 4.39. The van der Waals surface area contributed by atoms with E-state index in [9.17, 15) is 9.59 Å². The molecule has 152 valence electrons. The number of hydrogen-bond donors (Lipinski definition) is 1. The molecule has 0 saturated heterocycles. The minimum Gasteiger partial charge on any atom is -0.352 e. The summed E-state index contributed by atoms with van der Waals surface area (Å²) in [6.07, 6.45) is 2.65. The highest BCUT2D eigenvalue weighted by molar-refractivity contribution is 7.99. The second-order valence-corrected chi connectivity index (χ2v) is 8.22. The number of amides is 2. The van der Waals surface area contributed by atoms with Gasteiger partial charge in [-0.15, -0.1) is 0 Å². The Labute approximate surface area is 180 Å². The molecule has 2 amide bonds. The zero-order valence-electron chi connectivity index (χ0n) is 16.8. The number of benzene rings is 2. The van der Waals surface area contributed by atoms with Crippen molar-refractivity contribution < 1.29 is 9.59 Å². The Morgan fingerprint density at radius 2 is 1.87 bits per heavy atom. The molecule has 6 heteroatoms. The van der Waals surface area contributed by atoms with Crippen LogP contribution < -0.4 is 10.2 Å². The first-order valence-electron chi connectivity index (χ1n) is 9.98. The lowest BCUT2D eigenvalue weighted by Crippen LogP contribution is -2.33. The number of aromatic nitrogens is 1. The number of rotatable bonds is 6. The van der Waals surface area contributed by atoms with Gasteiger partial charge >= 0.3 is 0 Å². The van der Waals surface area contributed by atoms with Gasteiger partial charge in [-0.3, -0.25) is 9.59 Å². The van der Waals surface area contributed by atoms with E-state index in [4.69, 9.17) is 0 Å². The van der Waals surface area contributed by atoms with Crippen LogP contribution in [-0.2, 0) is 11.3 Å². The number of anilines is 1. The fourth-order valence-corrected chi connectivity index (χ4v) is 4.49. The van der Waals surface area contributed by atoms with Crippen LogP contribution in [0.2, 0.25) is 0 Å². The van der Waals surface area contributed by atoms with Crippen LogP contribution in [0.15, 0.2) is 76.8 Å². The topological polar surface area (TPSA) is 62.3 Å². The largest absolute Gasteiger partial charge is 0.352 e. The molecule has 0 atom stereocenters. The van der Waals surface area contributed by atoms with E-state index < -0.39 is 0 Å². The molecule has 0 aliphatic carbocycles. The lowest BCUT2D eigenvalue weighted by atomic mass is 10.1. The molecule has 1 N–H and O–H groups in total. The van der Waals surface area contributed by atoms with Crippen molar-refractivity contribution in [2.45, 2.75) is 36.2 Å². The SMILES string of the molecule is Cc1ccccc1CNC(=O)CCCN1C(=O)c2cccnc2Sc2ccccc21. The molecular formula is C24H23N3O2S. The maximum atomic E-state index is 13.2. The van der Waals surface area contributed by atoms with Gasteiger partial charge in [0.15, 0.2) is 0 Å². The number of fused-ring (bicyclic) bond motifs is 2. The normalized spacial score (nSPS) is 12.7. The van der Waals surface area contributed by atoms with Crippen molar-refractivity contribution in [1.82, 2.24) is 10.3 Å². The quantitative estimate of drug-likeness (QED) is 0.637. The molecule has 2 aromatic carbocycles. The van der Waals surface area contributed by atoms with Crippen molar-refractivity contribution in [3.8, 4) is 0 Å². The molecule has 0 fully saturated rings. The van der Waals surface area contributed by atoms with E-state index >= 15 is 0 Å². The number of hydrogen-bond acceptors (Lipinski definition) is 4. The molecule has 3 aromatic rings. The maximum Gasteiger partial charge on any atom is 0.261 e. The van der Waals surface area contributed by atoms with Crippen LogP contribution in [0.4, 0.5) is 5.69 Å². The predicted octanol–water partition coefficient (Wildman–Crippen LogP) is 4.60. The molecule has 1 aromatic heterocycles. The van der Waals surface area contributed by atoms with Gasteiger partial charge in [-0.25, -0.2) is 4.98 Å². The van der Waals surface area contributed by atoms with Gasteiger partial charge in [0.05, 0.1) is 11.3 Å². The first kappa shape index (κ1) is 20.2. The van der Waals surface area contributed by atoms with Gasteiger partial charge in [0.25, 0.3) is 5.91 Å². The molecule has 2 heterocycles. The summed E-state index contributed by atoms with van der Waals surface area (Å²) in [6.45, 7) is 3.03. The number of nitrogens with zero attached hydrogens (tertiary/aromatic N) is 2. The average Bonchev–Trinajstić information content (AvgIpc) is 2.88. The highest BCUT2D eigenvalue weighted by atomic mass is 32.2. The Bertz CT molecular complexity index is 1080. The van der Waals surface area contributed by atoms with Gasteiger partial charge in [0, 0.05) is 30.6 Å². The third-order valence-corrected chi connectivity index (χ3v) is 6.22. The number of aryl methyl sites for hydroxylation is 1. The number of carbonyl (C=O) groups is 2. The maximum absolute atomic E-state index is 13.2. The Morgan fingerprint density at radius 3 is 2.73 bits per heavy atom. The van der Waals surface area contributed by atoms with Gasteiger partial charge in [-0.2, -0.15) is 0 Å². The van der Waals surface area contributed by atoms with Gasteiger partial charge in [-0.05, 0) is 48.7 Å². The standard InChI is InChI=1S/C24H23N3O2S/c1-17-8-2-3-9-18(17)16-26-22(28)13-7-15-27-20-11-4-5-12-21(20)30-23-19(24(27)29)10-6-14-25-23/h2-6,8-12,14H,7,13,15-16H2,1H3,(H,26,28). The van der Waals surface area contributed by atoms with Gasteiger partial charge in [0.1, 0.15) is 5.03 Å². The van der Waals surface area contributed by atoms with Crippen LogP contribution in [0.25, 0.3) is 0 Å². The number of carbonyl (C=O) groups excluding carboxylic acids is 2. The van der Waals surface area contributed by atoms with Crippen molar-refractivity contribution in [3.63, 3.8) is 0 Å². The van der Waals surface area contributed by atoms with E-state index in [1.54, 1.807) is 17.2 Å². The minimum atomic E-state index is -0.0733. The molecule has 0 bridgehead atoms. The third-order valence-electron chi connectivity index (χ3n) is 5.13. The van der Waals surface area contributed by atoms with Crippen molar-refractivity contribution in [1.29, 1.82) is 0 Å². The van der Waals surface area contributed by atoms with Gasteiger partial charge in [0.2, 0.25) is 5.91 Å². The second-order valence-electron chi connectivity index (χ2n) is 7.19. The summed E-state index contributed by atoms with van der Waals surface area (Å²) in [6, 6.07) is 19.4. The summed E-state index contributed by atoms with van der Waals surface area (Å²) in [5, 5.41) is 3.70. The second kappa shape index (κ2) is 9.13. The highest BCUT2D eigenvalue weighted by Gasteiger charge is 2.27. The molecule has 0 spiro atoms. The van der Waals surface area contributed by atoms with Crippen LogP contribution in [0.3, 0.4) is 0 Å². The minimum absolute atomic E-state index is 0.00903. The Morgan fingerprint density at radius 1 is 1.07 bits per heavy atom. The van der Waals surface area contributed by atoms with Crippen LogP contribution in [-0.4, -0.2) is 23.3 Å². The number of nitrogens with one attached hydrogen (secondary N) is 1. The molecule has 1 aliphatic rings. The summed E-state index contributed by atoms with van der Waals surface area (Å²) in [5.41, 5.74) is 3.74. The molecule has 5 nitrogen and oxygen atoms in total. The van der Waals surface area contributed by atoms with Gasteiger partial charge in [-0.1, -0.05) is 48.2 Å². The predicted molar refractivity (Wildman–Crippen MR) is 119 cm³/mol. The van der Waals surface area contributed by atoms with E-state index in [0.717, 1.165) is 21.7 Å². The lowest BCUT2D eigenvalue weighted by Gasteiger charge is -2.22. The summed E-state index contributed by atoms with van der Waals surface area (Å²) in [7, 11) is 0. The summed E-state index contributed by atoms with van der Waals surface area (Å²) in [5.74, 6) is -0.0823. The average molecular weight is 418 g/mol.